The summed E-state index contributed by atoms with van der Waals surface area (Å²) in [6, 6.07) is 2.83. The van der Waals surface area contributed by atoms with E-state index in [1.807, 2.05) is 0 Å². The van der Waals surface area contributed by atoms with Crippen molar-refractivity contribution in [3.05, 3.63) is 27.2 Å². The molecule has 1 aromatic carbocycles. The second-order valence-corrected chi connectivity index (χ2v) is 5.87. The first kappa shape index (κ1) is 13.9. The quantitative estimate of drug-likeness (QED) is 0.868. The summed E-state index contributed by atoms with van der Waals surface area (Å²) in [4.78, 5) is 0. The van der Waals surface area contributed by atoms with Crippen molar-refractivity contribution in [2.75, 3.05) is 12.4 Å². The molecule has 0 bridgehead atoms. The van der Waals surface area contributed by atoms with Gasteiger partial charge < -0.3 is 4.74 Å². The lowest BCUT2D eigenvalue weighted by atomic mass is 10.3. The van der Waals surface area contributed by atoms with Gasteiger partial charge in [0.15, 0.2) is 0 Å². The molecule has 0 amide bonds. The number of ether oxygens (including phenoxy) is 1. The van der Waals surface area contributed by atoms with Gasteiger partial charge in [0.1, 0.15) is 12.4 Å². The van der Waals surface area contributed by atoms with Crippen LogP contribution in [0, 0.1) is 0 Å². The second kappa shape index (κ2) is 5.42. The summed E-state index contributed by atoms with van der Waals surface area (Å²) in [7, 11) is -3.55. The minimum atomic E-state index is -3.55. The molecule has 0 aliphatic heterocycles. The van der Waals surface area contributed by atoms with Gasteiger partial charge in [0.25, 0.3) is 0 Å². The molecule has 0 heterocycles. The zero-order chi connectivity index (χ0) is 12.3. The van der Waals surface area contributed by atoms with Crippen LogP contribution >= 0.6 is 34.8 Å². The third kappa shape index (κ3) is 4.35. The fourth-order valence-electron chi connectivity index (χ4n) is 0.883. The molecule has 90 valence electrons. The van der Waals surface area contributed by atoms with Gasteiger partial charge in [-0.05, 0) is 6.07 Å². The van der Waals surface area contributed by atoms with Crippen LogP contribution in [0.3, 0.4) is 0 Å². The number of halogens is 3. The van der Waals surface area contributed by atoms with Gasteiger partial charge in [0, 0.05) is 6.07 Å². The Morgan fingerprint density at radius 1 is 1.12 bits per heavy atom. The SMILES string of the molecule is NS(=O)(=O)CCOc1cc(Cl)c(Cl)cc1Cl. The molecular formula is C8H8Cl3NO3S. The van der Waals surface area contributed by atoms with E-state index in [1.54, 1.807) is 0 Å². The van der Waals surface area contributed by atoms with E-state index < -0.39 is 10.0 Å². The smallest absolute Gasteiger partial charge is 0.212 e. The molecule has 0 aromatic heterocycles. The Balaban J connectivity index is 2.71. The number of hydrogen-bond donors (Lipinski definition) is 1. The predicted octanol–water partition coefficient (Wildman–Crippen LogP) is 2.31. The van der Waals surface area contributed by atoms with Crippen LogP contribution in [-0.2, 0) is 10.0 Å². The lowest BCUT2D eigenvalue weighted by molar-refractivity contribution is 0.341. The summed E-state index contributed by atoms with van der Waals surface area (Å²) < 4.78 is 26.4. The van der Waals surface area contributed by atoms with Crippen LogP contribution in [0.15, 0.2) is 12.1 Å². The normalized spacial score (nSPS) is 11.5. The van der Waals surface area contributed by atoms with Gasteiger partial charge in [-0.15, -0.1) is 0 Å². The number of sulfonamides is 1. The van der Waals surface area contributed by atoms with Crippen LogP contribution in [0.5, 0.6) is 5.75 Å². The first-order chi connectivity index (χ1) is 7.29. The topological polar surface area (TPSA) is 69.4 Å². The van der Waals surface area contributed by atoms with E-state index >= 15 is 0 Å². The van der Waals surface area contributed by atoms with Gasteiger partial charge in [0.2, 0.25) is 10.0 Å². The third-order valence-corrected chi connectivity index (χ3v) is 3.35. The summed E-state index contributed by atoms with van der Waals surface area (Å²) in [5.41, 5.74) is 0. The zero-order valence-corrected chi connectivity index (χ0v) is 11.0. The Labute approximate surface area is 108 Å². The first-order valence-corrected chi connectivity index (χ1v) is 6.92. The van der Waals surface area contributed by atoms with Gasteiger partial charge in [-0.1, -0.05) is 34.8 Å². The molecule has 0 saturated heterocycles. The van der Waals surface area contributed by atoms with E-state index in [0.717, 1.165) is 0 Å². The van der Waals surface area contributed by atoms with Gasteiger partial charge in [0.05, 0.1) is 20.8 Å². The molecule has 0 aliphatic carbocycles. The summed E-state index contributed by atoms with van der Waals surface area (Å²) in [6.07, 6.45) is 0. The highest BCUT2D eigenvalue weighted by molar-refractivity contribution is 7.89. The molecule has 0 spiro atoms. The molecule has 1 aromatic rings. The highest BCUT2D eigenvalue weighted by Crippen LogP contribution is 2.33. The van der Waals surface area contributed by atoms with E-state index in [9.17, 15) is 8.42 Å². The number of benzene rings is 1. The Kier molecular flexibility index (Phi) is 4.70. The standard InChI is InChI=1S/C8H8Cl3NO3S/c9-5-3-7(11)8(4-6(5)10)15-1-2-16(12,13)14/h3-4H,1-2H2,(H2,12,13,14). The first-order valence-electron chi connectivity index (χ1n) is 4.07. The average Bonchev–Trinajstić information content (AvgIpc) is 2.11. The summed E-state index contributed by atoms with van der Waals surface area (Å²) in [5.74, 6) is -0.0384. The molecule has 16 heavy (non-hydrogen) atoms. The van der Waals surface area contributed by atoms with Crippen molar-refractivity contribution in [3.63, 3.8) is 0 Å². The average molecular weight is 305 g/mol. The summed E-state index contributed by atoms with van der Waals surface area (Å²) in [6.45, 7) is -0.101. The number of primary sulfonamides is 1. The largest absolute Gasteiger partial charge is 0.491 e. The molecule has 0 fully saturated rings. The maximum absolute atomic E-state index is 10.6. The summed E-state index contributed by atoms with van der Waals surface area (Å²) >= 11 is 17.2. The summed E-state index contributed by atoms with van der Waals surface area (Å²) in [5, 5.41) is 5.63. The van der Waals surface area contributed by atoms with Crippen LogP contribution in [0.1, 0.15) is 0 Å². The lowest BCUT2D eigenvalue weighted by Crippen LogP contribution is -2.21. The molecule has 4 nitrogen and oxygen atoms in total. The van der Waals surface area contributed by atoms with Crippen LogP contribution in [-0.4, -0.2) is 20.8 Å². The monoisotopic (exact) mass is 303 g/mol. The number of rotatable bonds is 4. The highest BCUT2D eigenvalue weighted by Gasteiger charge is 2.08. The lowest BCUT2D eigenvalue weighted by Gasteiger charge is -2.08. The maximum Gasteiger partial charge on any atom is 0.212 e. The zero-order valence-electron chi connectivity index (χ0n) is 7.91. The predicted molar refractivity (Wildman–Crippen MR) is 64.9 cm³/mol. The highest BCUT2D eigenvalue weighted by atomic mass is 35.5. The maximum atomic E-state index is 10.6. The fraction of sp³-hybridized carbons (Fsp3) is 0.250. The van der Waals surface area contributed by atoms with E-state index in [1.165, 1.54) is 12.1 Å². The minimum absolute atomic E-state index is 0.101. The molecular weight excluding hydrogens is 297 g/mol. The van der Waals surface area contributed by atoms with E-state index in [-0.39, 0.29) is 28.2 Å². The van der Waals surface area contributed by atoms with Gasteiger partial charge >= 0.3 is 0 Å². The number of nitrogens with two attached hydrogens (primary N) is 1. The molecule has 0 atom stereocenters. The Morgan fingerprint density at radius 3 is 2.25 bits per heavy atom. The molecule has 8 heteroatoms. The van der Waals surface area contributed by atoms with E-state index in [0.29, 0.717) is 5.02 Å². The van der Waals surface area contributed by atoms with Crippen molar-refractivity contribution in [1.29, 1.82) is 0 Å². The molecule has 0 saturated carbocycles. The molecule has 2 N–H and O–H groups in total. The molecule has 0 aliphatic rings. The molecule has 0 radical (unpaired) electrons. The van der Waals surface area contributed by atoms with Crippen LogP contribution < -0.4 is 9.88 Å². The van der Waals surface area contributed by atoms with Crippen molar-refractivity contribution >= 4 is 44.8 Å². The van der Waals surface area contributed by atoms with Gasteiger partial charge in [-0.3, -0.25) is 0 Å². The third-order valence-electron chi connectivity index (χ3n) is 1.60. The molecule has 0 unspecified atom stereocenters. The van der Waals surface area contributed by atoms with Crippen molar-refractivity contribution < 1.29 is 13.2 Å². The van der Waals surface area contributed by atoms with Crippen molar-refractivity contribution in [1.82, 2.24) is 0 Å². The second-order valence-electron chi connectivity index (χ2n) is 2.91. The van der Waals surface area contributed by atoms with Crippen LogP contribution in [0.4, 0.5) is 0 Å². The Bertz CT molecular complexity index is 490. The van der Waals surface area contributed by atoms with E-state index in [2.05, 4.69) is 0 Å². The minimum Gasteiger partial charge on any atom is -0.491 e. The Morgan fingerprint density at radius 2 is 1.69 bits per heavy atom. The van der Waals surface area contributed by atoms with Gasteiger partial charge in [-0.2, -0.15) is 0 Å². The van der Waals surface area contributed by atoms with E-state index in [4.69, 9.17) is 44.7 Å². The molecule has 1 rings (SSSR count). The van der Waals surface area contributed by atoms with Crippen molar-refractivity contribution in [3.8, 4) is 5.75 Å². The van der Waals surface area contributed by atoms with Crippen LogP contribution in [0.2, 0.25) is 15.1 Å². The van der Waals surface area contributed by atoms with Crippen molar-refractivity contribution in [2.45, 2.75) is 0 Å². The van der Waals surface area contributed by atoms with Crippen LogP contribution in [0.25, 0.3) is 0 Å². The Hall–Kier alpha value is -0.200. The number of hydrogen-bond acceptors (Lipinski definition) is 3. The van der Waals surface area contributed by atoms with Gasteiger partial charge in [-0.25, -0.2) is 13.6 Å². The van der Waals surface area contributed by atoms with Crippen molar-refractivity contribution in [2.24, 2.45) is 5.14 Å². The fourth-order valence-corrected chi connectivity index (χ4v) is 1.79.